The van der Waals surface area contributed by atoms with Crippen molar-refractivity contribution in [1.82, 2.24) is 30.9 Å². The van der Waals surface area contributed by atoms with E-state index in [0.717, 1.165) is 16.5 Å². The van der Waals surface area contributed by atoms with E-state index in [0.29, 0.717) is 5.69 Å². The topological polar surface area (TPSA) is 253 Å². The summed E-state index contributed by atoms with van der Waals surface area (Å²) in [4.78, 5) is 71.0. The maximum Gasteiger partial charge on any atom is 0.326 e. The van der Waals surface area contributed by atoms with Crippen molar-refractivity contribution in [2.45, 2.75) is 56.5 Å². The summed E-state index contributed by atoms with van der Waals surface area (Å²) in [5.41, 5.74) is 8.30. The number of nitrogens with two attached hydrogens (primary N) is 1. The second kappa shape index (κ2) is 13.3. The second-order valence-corrected chi connectivity index (χ2v) is 9.24. The van der Waals surface area contributed by atoms with Crippen LogP contribution in [0.2, 0.25) is 0 Å². The van der Waals surface area contributed by atoms with Crippen LogP contribution in [0.15, 0.2) is 43.0 Å². The molecule has 0 radical (unpaired) electrons. The van der Waals surface area contributed by atoms with Crippen LogP contribution < -0.4 is 21.7 Å². The Bertz CT molecular complexity index is 1350. The number of para-hydroxylation sites is 1. The molecule has 2 heterocycles. The normalized spacial score (nSPS) is 14.9. The van der Waals surface area contributed by atoms with E-state index in [2.05, 4.69) is 25.6 Å². The molecule has 1 aromatic carbocycles. The summed E-state index contributed by atoms with van der Waals surface area (Å²) in [5, 5.41) is 36.0. The van der Waals surface area contributed by atoms with Crippen molar-refractivity contribution in [3.8, 4) is 0 Å². The maximum atomic E-state index is 13.2. The van der Waals surface area contributed by atoms with Crippen molar-refractivity contribution >= 4 is 40.6 Å². The summed E-state index contributed by atoms with van der Waals surface area (Å²) in [6, 6.07) is 1.70. The molecule has 2 aromatic heterocycles. The molecule has 3 amide bonds. The number of nitrogens with one attached hydrogen (secondary N) is 5. The largest absolute Gasteiger partial charge is 0.481 e. The van der Waals surface area contributed by atoms with Crippen molar-refractivity contribution < 1.29 is 39.3 Å². The second-order valence-electron chi connectivity index (χ2n) is 9.24. The average Bonchev–Trinajstić information content (AvgIpc) is 3.55. The summed E-state index contributed by atoms with van der Waals surface area (Å²) >= 11 is 0. The van der Waals surface area contributed by atoms with Gasteiger partial charge in [-0.25, -0.2) is 9.78 Å². The van der Waals surface area contributed by atoms with Crippen LogP contribution in [0, 0.1) is 0 Å². The first kappa shape index (κ1) is 29.8. The van der Waals surface area contributed by atoms with E-state index in [1.54, 1.807) is 6.20 Å². The van der Waals surface area contributed by atoms with Gasteiger partial charge in [-0.1, -0.05) is 18.2 Å². The lowest BCUT2D eigenvalue weighted by molar-refractivity contribution is -0.148. The van der Waals surface area contributed by atoms with E-state index in [-0.39, 0.29) is 12.8 Å². The number of imidazole rings is 1. The Kier molecular flexibility index (Phi) is 9.94. The molecule has 0 aliphatic carbocycles. The number of fused-ring (bicyclic) bond motifs is 1. The zero-order valence-electron chi connectivity index (χ0n) is 21.5. The number of carboxylic acids is 2. The number of benzene rings is 1. The number of H-pyrrole nitrogens is 2. The van der Waals surface area contributed by atoms with Crippen molar-refractivity contribution in [2.24, 2.45) is 5.73 Å². The molecule has 10 N–H and O–H groups in total. The summed E-state index contributed by atoms with van der Waals surface area (Å²) in [6.45, 7) is 1.18. The number of aliphatic hydroxyl groups excluding tert-OH is 1. The molecule has 0 aliphatic heterocycles. The smallest absolute Gasteiger partial charge is 0.326 e. The predicted molar refractivity (Wildman–Crippen MR) is 140 cm³/mol. The Labute approximate surface area is 227 Å². The molecular weight excluding hydrogens is 526 g/mol. The first-order valence-electron chi connectivity index (χ1n) is 12.3. The van der Waals surface area contributed by atoms with Crippen LogP contribution in [0.5, 0.6) is 0 Å². The summed E-state index contributed by atoms with van der Waals surface area (Å²) in [7, 11) is 0. The zero-order chi connectivity index (χ0) is 29.4. The fourth-order valence-corrected chi connectivity index (χ4v) is 4.03. The average molecular weight is 558 g/mol. The number of aromatic nitrogens is 3. The Morgan fingerprint density at radius 2 is 1.65 bits per heavy atom. The van der Waals surface area contributed by atoms with Crippen LogP contribution >= 0.6 is 0 Å². The number of carbonyl (C=O) groups is 5. The highest BCUT2D eigenvalue weighted by Crippen LogP contribution is 2.18. The molecule has 3 rings (SSSR count). The van der Waals surface area contributed by atoms with Crippen molar-refractivity contribution in [3.05, 3.63) is 54.2 Å². The van der Waals surface area contributed by atoms with E-state index in [1.807, 2.05) is 29.6 Å². The highest BCUT2D eigenvalue weighted by molar-refractivity contribution is 5.95. The van der Waals surface area contributed by atoms with Gasteiger partial charge >= 0.3 is 11.9 Å². The van der Waals surface area contributed by atoms with Gasteiger partial charge < -0.3 is 47.0 Å². The monoisotopic (exact) mass is 557 g/mol. The fraction of sp³-hybridized carbons (Fsp3) is 0.360. The Morgan fingerprint density at radius 3 is 2.27 bits per heavy atom. The standard InChI is InChI=1S/C25H31N7O8/c1-12(33)21(24(38)31-19(25(39)40)8-20(34)35)32-23(37)18(7-14-10-27-11-29-14)30-22(36)16(26)6-13-9-28-17-5-3-2-4-15(13)17/h2-5,9-12,16,18-19,21,28,33H,6-8,26H2,1H3,(H,27,29)(H,30,36)(H,31,38)(H,32,37)(H,34,35)(H,39,40). The van der Waals surface area contributed by atoms with E-state index in [9.17, 15) is 34.2 Å². The van der Waals surface area contributed by atoms with E-state index >= 15 is 0 Å². The molecule has 3 aromatic rings. The third-order valence-electron chi connectivity index (χ3n) is 6.12. The van der Waals surface area contributed by atoms with Crippen LogP contribution in [0.25, 0.3) is 10.9 Å². The minimum atomic E-state index is -1.80. The third-order valence-corrected chi connectivity index (χ3v) is 6.12. The lowest BCUT2D eigenvalue weighted by atomic mass is 10.0. The van der Waals surface area contributed by atoms with E-state index in [1.165, 1.54) is 19.4 Å². The highest BCUT2D eigenvalue weighted by Gasteiger charge is 2.33. The molecule has 15 heteroatoms. The highest BCUT2D eigenvalue weighted by atomic mass is 16.4. The summed E-state index contributed by atoms with van der Waals surface area (Å²) < 4.78 is 0. The zero-order valence-corrected chi connectivity index (χ0v) is 21.5. The molecule has 0 fully saturated rings. The molecule has 40 heavy (non-hydrogen) atoms. The molecule has 0 saturated carbocycles. The number of aliphatic hydroxyl groups is 1. The van der Waals surface area contributed by atoms with Gasteiger partial charge in [-0.15, -0.1) is 0 Å². The minimum absolute atomic E-state index is 0.0811. The molecule has 0 bridgehead atoms. The third kappa shape index (κ3) is 7.87. The van der Waals surface area contributed by atoms with Crippen LogP contribution in [0.3, 0.4) is 0 Å². The number of rotatable bonds is 14. The number of aliphatic carboxylic acids is 2. The van der Waals surface area contributed by atoms with Gasteiger partial charge in [0.2, 0.25) is 17.7 Å². The predicted octanol–water partition coefficient (Wildman–Crippen LogP) is -1.60. The molecule has 5 atom stereocenters. The van der Waals surface area contributed by atoms with Gasteiger partial charge in [0, 0.05) is 35.4 Å². The summed E-state index contributed by atoms with van der Waals surface area (Å²) in [6.07, 6.45) is 2.20. The van der Waals surface area contributed by atoms with Crippen LogP contribution in [-0.4, -0.2) is 90.2 Å². The molecular formula is C25H31N7O8. The maximum absolute atomic E-state index is 13.2. The van der Waals surface area contributed by atoms with E-state index in [4.69, 9.17) is 10.8 Å². The van der Waals surface area contributed by atoms with Crippen LogP contribution in [0.1, 0.15) is 24.6 Å². The van der Waals surface area contributed by atoms with Gasteiger partial charge in [0.15, 0.2) is 0 Å². The summed E-state index contributed by atoms with van der Waals surface area (Å²) in [5.74, 6) is -5.75. The van der Waals surface area contributed by atoms with Crippen molar-refractivity contribution in [2.75, 3.05) is 0 Å². The molecule has 0 saturated heterocycles. The van der Waals surface area contributed by atoms with Crippen LogP contribution in [-0.2, 0) is 36.8 Å². The van der Waals surface area contributed by atoms with Crippen LogP contribution in [0.4, 0.5) is 0 Å². The molecule has 0 spiro atoms. The number of hydrogen-bond donors (Lipinski definition) is 9. The molecule has 0 aliphatic rings. The number of carbonyl (C=O) groups excluding carboxylic acids is 3. The van der Waals surface area contributed by atoms with Gasteiger partial charge in [-0.2, -0.15) is 0 Å². The molecule has 214 valence electrons. The van der Waals surface area contributed by atoms with Crippen molar-refractivity contribution in [3.63, 3.8) is 0 Å². The Balaban J connectivity index is 1.73. The fourth-order valence-electron chi connectivity index (χ4n) is 4.03. The number of aromatic amines is 2. The van der Waals surface area contributed by atoms with Gasteiger partial charge in [-0.05, 0) is 25.0 Å². The lowest BCUT2D eigenvalue weighted by Gasteiger charge is -2.26. The first-order chi connectivity index (χ1) is 19.0. The molecule has 15 nitrogen and oxygen atoms in total. The van der Waals surface area contributed by atoms with Gasteiger partial charge in [0.25, 0.3) is 0 Å². The van der Waals surface area contributed by atoms with E-state index < -0.39 is 66.4 Å². The number of amides is 3. The number of hydrogen-bond acceptors (Lipinski definition) is 8. The van der Waals surface area contributed by atoms with Crippen molar-refractivity contribution in [1.29, 1.82) is 0 Å². The van der Waals surface area contributed by atoms with Gasteiger partial charge in [0.05, 0.1) is 24.9 Å². The Hall–Kier alpha value is -4.76. The molecule has 5 unspecified atom stereocenters. The lowest BCUT2D eigenvalue weighted by Crippen LogP contribution is -2.60. The minimum Gasteiger partial charge on any atom is -0.481 e. The number of carboxylic acid groups (broad SMARTS) is 2. The number of nitrogens with zero attached hydrogens (tertiary/aromatic N) is 1. The Morgan fingerprint density at radius 1 is 0.950 bits per heavy atom. The SMILES string of the molecule is CC(O)C(NC(=O)C(Cc1cnc[nH]1)NC(=O)C(N)Cc1c[nH]c2ccccc12)C(=O)NC(CC(=O)O)C(=O)O. The van der Waals surface area contributed by atoms with Gasteiger partial charge in [0.1, 0.15) is 18.1 Å². The quantitative estimate of drug-likeness (QED) is 0.110. The van der Waals surface area contributed by atoms with Gasteiger partial charge in [-0.3, -0.25) is 19.2 Å². The first-order valence-corrected chi connectivity index (χ1v) is 12.3.